The van der Waals surface area contributed by atoms with Crippen molar-refractivity contribution in [1.29, 1.82) is 5.26 Å². The predicted octanol–water partition coefficient (Wildman–Crippen LogP) is 3.29. The van der Waals surface area contributed by atoms with Gasteiger partial charge in [0.05, 0.1) is 11.6 Å². The first-order chi connectivity index (χ1) is 13.2. The van der Waals surface area contributed by atoms with Crippen molar-refractivity contribution in [2.24, 2.45) is 0 Å². The highest BCUT2D eigenvalue weighted by atomic mass is 16.2. The van der Waals surface area contributed by atoms with Crippen molar-refractivity contribution in [2.45, 2.75) is 31.8 Å². The van der Waals surface area contributed by atoms with E-state index >= 15 is 0 Å². The van der Waals surface area contributed by atoms with Crippen LogP contribution in [0.4, 0.5) is 10.5 Å². The summed E-state index contributed by atoms with van der Waals surface area (Å²) in [7, 11) is 0. The molecular formula is C22H24N4O. The molecule has 1 N–H and O–H groups in total. The summed E-state index contributed by atoms with van der Waals surface area (Å²) >= 11 is 0. The second-order valence-electron chi connectivity index (χ2n) is 7.34. The fourth-order valence-electron chi connectivity index (χ4n) is 4.03. The Morgan fingerprint density at radius 3 is 2.74 bits per heavy atom. The number of carbonyl (C=O) groups excluding carboxylic acids is 1. The van der Waals surface area contributed by atoms with Gasteiger partial charge in [-0.2, -0.15) is 5.26 Å². The number of amides is 2. The standard InChI is InChI=1S/C22H24N4O/c23-15-17-4-3-5-18(14-17)16-25-11-9-20(10-12-25)24-22(27)26-13-8-19-6-1-2-7-21(19)26/h1-7,14,20H,8-13,16H2,(H,24,27). The summed E-state index contributed by atoms with van der Waals surface area (Å²) in [6.07, 6.45) is 2.85. The number of carbonyl (C=O) groups is 1. The molecule has 2 heterocycles. The SMILES string of the molecule is N#Cc1cccc(CN2CCC(NC(=O)N3CCc4ccccc43)CC2)c1. The van der Waals surface area contributed by atoms with Gasteiger partial charge in [-0.05, 0) is 48.6 Å². The highest BCUT2D eigenvalue weighted by molar-refractivity contribution is 5.94. The topological polar surface area (TPSA) is 59.4 Å². The fourth-order valence-corrected chi connectivity index (χ4v) is 4.03. The Kier molecular flexibility index (Phi) is 5.08. The molecule has 5 nitrogen and oxygen atoms in total. The second kappa shape index (κ2) is 7.81. The van der Waals surface area contributed by atoms with Crippen molar-refractivity contribution in [1.82, 2.24) is 10.2 Å². The van der Waals surface area contributed by atoms with E-state index in [0.29, 0.717) is 5.56 Å². The molecule has 2 aliphatic rings. The van der Waals surface area contributed by atoms with Crippen molar-refractivity contribution in [3.63, 3.8) is 0 Å². The van der Waals surface area contributed by atoms with Gasteiger partial charge in [-0.15, -0.1) is 0 Å². The maximum atomic E-state index is 12.7. The zero-order chi connectivity index (χ0) is 18.6. The highest BCUT2D eigenvalue weighted by Crippen LogP contribution is 2.27. The molecule has 0 saturated carbocycles. The van der Waals surface area contributed by atoms with E-state index in [1.54, 1.807) is 0 Å². The summed E-state index contributed by atoms with van der Waals surface area (Å²) in [6.45, 7) is 3.53. The van der Waals surface area contributed by atoms with E-state index in [0.717, 1.165) is 51.1 Å². The molecule has 27 heavy (non-hydrogen) atoms. The van der Waals surface area contributed by atoms with E-state index in [-0.39, 0.29) is 12.1 Å². The molecule has 2 amide bonds. The van der Waals surface area contributed by atoms with Crippen molar-refractivity contribution < 1.29 is 4.79 Å². The Balaban J connectivity index is 1.28. The van der Waals surface area contributed by atoms with Gasteiger partial charge in [-0.1, -0.05) is 30.3 Å². The van der Waals surface area contributed by atoms with E-state index < -0.39 is 0 Å². The Bertz CT molecular complexity index is 865. The van der Waals surface area contributed by atoms with Crippen molar-refractivity contribution in [2.75, 3.05) is 24.5 Å². The van der Waals surface area contributed by atoms with Gasteiger partial charge < -0.3 is 5.32 Å². The second-order valence-corrected chi connectivity index (χ2v) is 7.34. The lowest BCUT2D eigenvalue weighted by atomic mass is 10.0. The molecule has 138 valence electrons. The van der Waals surface area contributed by atoms with Crippen molar-refractivity contribution >= 4 is 11.7 Å². The lowest BCUT2D eigenvalue weighted by Gasteiger charge is -2.33. The van der Waals surface area contributed by atoms with Crippen LogP contribution >= 0.6 is 0 Å². The summed E-state index contributed by atoms with van der Waals surface area (Å²) in [5.74, 6) is 0. The molecule has 5 heteroatoms. The first-order valence-electron chi connectivity index (χ1n) is 9.60. The minimum absolute atomic E-state index is 0.0279. The normalized spacial score (nSPS) is 17.4. The van der Waals surface area contributed by atoms with Gasteiger partial charge in [0.2, 0.25) is 0 Å². The monoisotopic (exact) mass is 360 g/mol. The van der Waals surface area contributed by atoms with Gasteiger partial charge in [0.1, 0.15) is 0 Å². The summed E-state index contributed by atoms with van der Waals surface area (Å²) in [6, 6.07) is 18.4. The van der Waals surface area contributed by atoms with E-state index in [9.17, 15) is 4.79 Å². The van der Waals surface area contributed by atoms with Crippen LogP contribution in [0.1, 0.15) is 29.5 Å². The quantitative estimate of drug-likeness (QED) is 0.914. The molecule has 1 saturated heterocycles. The van der Waals surface area contributed by atoms with Gasteiger partial charge in [0.25, 0.3) is 0 Å². The molecule has 0 unspecified atom stereocenters. The average molecular weight is 360 g/mol. The first kappa shape index (κ1) is 17.6. The number of fused-ring (bicyclic) bond motifs is 1. The molecule has 0 spiro atoms. The third-order valence-electron chi connectivity index (χ3n) is 5.51. The molecule has 0 aromatic heterocycles. The fraction of sp³-hybridized carbons (Fsp3) is 0.364. The Morgan fingerprint density at radius 1 is 1.11 bits per heavy atom. The van der Waals surface area contributed by atoms with Gasteiger partial charge in [-0.3, -0.25) is 9.80 Å². The van der Waals surface area contributed by atoms with E-state index in [1.165, 1.54) is 11.1 Å². The minimum Gasteiger partial charge on any atom is -0.335 e. The van der Waals surface area contributed by atoms with Crippen LogP contribution in [0.15, 0.2) is 48.5 Å². The smallest absolute Gasteiger partial charge is 0.322 e. The number of para-hydroxylation sites is 1. The summed E-state index contributed by atoms with van der Waals surface area (Å²) in [4.78, 5) is 17.0. The molecule has 2 aromatic rings. The number of urea groups is 1. The van der Waals surface area contributed by atoms with Crippen molar-refractivity contribution in [3.05, 3.63) is 65.2 Å². The molecule has 4 rings (SSSR count). The Morgan fingerprint density at radius 2 is 1.93 bits per heavy atom. The predicted molar refractivity (Wildman–Crippen MR) is 105 cm³/mol. The third-order valence-corrected chi connectivity index (χ3v) is 5.51. The van der Waals surface area contributed by atoms with Crippen LogP contribution < -0.4 is 10.2 Å². The molecule has 1 fully saturated rings. The summed E-state index contributed by atoms with van der Waals surface area (Å²) in [5, 5.41) is 12.3. The molecule has 2 aromatic carbocycles. The number of anilines is 1. The first-order valence-corrected chi connectivity index (χ1v) is 9.60. The molecule has 0 atom stereocenters. The number of benzene rings is 2. The Labute approximate surface area is 160 Å². The van der Waals surface area contributed by atoms with Crippen LogP contribution in [-0.2, 0) is 13.0 Å². The molecule has 0 aliphatic carbocycles. The Hall–Kier alpha value is -2.84. The van der Waals surface area contributed by atoms with Crippen LogP contribution in [0.25, 0.3) is 0 Å². The number of nitrogens with one attached hydrogen (secondary N) is 1. The number of nitriles is 1. The minimum atomic E-state index is 0.0279. The zero-order valence-electron chi connectivity index (χ0n) is 15.4. The van der Waals surface area contributed by atoms with Gasteiger partial charge in [-0.25, -0.2) is 4.79 Å². The maximum Gasteiger partial charge on any atom is 0.322 e. The third kappa shape index (κ3) is 3.96. The summed E-state index contributed by atoms with van der Waals surface area (Å²) < 4.78 is 0. The van der Waals surface area contributed by atoms with E-state index in [4.69, 9.17) is 5.26 Å². The summed E-state index contributed by atoms with van der Waals surface area (Å²) in [5.41, 5.74) is 4.18. The van der Waals surface area contributed by atoms with Crippen LogP contribution in [0.5, 0.6) is 0 Å². The maximum absolute atomic E-state index is 12.7. The molecular weight excluding hydrogens is 336 g/mol. The number of hydrogen-bond acceptors (Lipinski definition) is 3. The number of piperidine rings is 1. The zero-order valence-corrected chi connectivity index (χ0v) is 15.4. The van der Waals surface area contributed by atoms with Crippen molar-refractivity contribution in [3.8, 4) is 6.07 Å². The molecule has 0 radical (unpaired) electrons. The van der Waals surface area contributed by atoms with Crippen LogP contribution in [0.2, 0.25) is 0 Å². The van der Waals surface area contributed by atoms with Gasteiger partial charge in [0.15, 0.2) is 0 Å². The number of likely N-dealkylation sites (tertiary alicyclic amines) is 1. The van der Waals surface area contributed by atoms with Crippen LogP contribution in [0.3, 0.4) is 0 Å². The van der Waals surface area contributed by atoms with E-state index in [2.05, 4.69) is 28.4 Å². The van der Waals surface area contributed by atoms with Gasteiger partial charge in [0, 0.05) is 37.9 Å². The highest BCUT2D eigenvalue weighted by Gasteiger charge is 2.27. The number of nitrogens with zero attached hydrogens (tertiary/aromatic N) is 3. The van der Waals surface area contributed by atoms with Crippen LogP contribution in [0, 0.1) is 11.3 Å². The molecule has 0 bridgehead atoms. The largest absolute Gasteiger partial charge is 0.335 e. The lowest BCUT2D eigenvalue weighted by Crippen LogP contribution is -2.48. The van der Waals surface area contributed by atoms with E-state index in [1.807, 2.05) is 41.3 Å². The lowest BCUT2D eigenvalue weighted by molar-refractivity contribution is 0.188. The average Bonchev–Trinajstić information content (AvgIpc) is 3.14. The van der Waals surface area contributed by atoms with Gasteiger partial charge >= 0.3 is 6.03 Å². The number of hydrogen-bond donors (Lipinski definition) is 1. The van der Waals surface area contributed by atoms with Crippen LogP contribution in [-0.4, -0.2) is 36.6 Å². The number of rotatable bonds is 3. The molecule has 2 aliphatic heterocycles.